The highest BCUT2D eigenvalue weighted by molar-refractivity contribution is 5.85. The molecule has 0 bridgehead atoms. The van der Waals surface area contributed by atoms with E-state index < -0.39 is 0 Å². The van der Waals surface area contributed by atoms with Gasteiger partial charge < -0.3 is 9.30 Å². The lowest BCUT2D eigenvalue weighted by Crippen LogP contribution is -2.15. The van der Waals surface area contributed by atoms with E-state index in [4.69, 9.17) is 4.74 Å². The molecule has 1 aromatic heterocycles. The second-order valence-corrected chi connectivity index (χ2v) is 4.44. The molecule has 2 rings (SSSR count). The molecular weight excluding hydrogens is 240 g/mol. The Labute approximate surface area is 113 Å². The van der Waals surface area contributed by atoms with Crippen molar-refractivity contribution in [1.29, 1.82) is 0 Å². The van der Waals surface area contributed by atoms with E-state index in [9.17, 15) is 4.79 Å². The van der Waals surface area contributed by atoms with Gasteiger partial charge in [0.15, 0.2) is 0 Å². The highest BCUT2D eigenvalue weighted by Crippen LogP contribution is 2.17. The molecule has 4 heteroatoms. The summed E-state index contributed by atoms with van der Waals surface area (Å²) < 4.78 is 6.83. The summed E-state index contributed by atoms with van der Waals surface area (Å²) in [6.07, 6.45) is 3.44. The summed E-state index contributed by atoms with van der Waals surface area (Å²) >= 11 is 0. The molecule has 0 aliphatic heterocycles. The zero-order valence-electron chi connectivity index (χ0n) is 11.2. The summed E-state index contributed by atoms with van der Waals surface area (Å²) in [5.41, 5.74) is 1.24. The molecule has 1 aromatic carbocycles. The smallest absolute Gasteiger partial charge is 0.374 e. The Morgan fingerprint density at radius 3 is 2.79 bits per heavy atom. The summed E-state index contributed by atoms with van der Waals surface area (Å²) in [5.74, 6) is 0.306. The standard InChI is InChI=1S/C15H18N2O2/c1-3-19-15(18)14-16-9-10-17(14)11-12(2)13-7-5-4-6-8-13/h4-10,12H,3,11H2,1-2H3. The van der Waals surface area contributed by atoms with Gasteiger partial charge in [-0.25, -0.2) is 9.78 Å². The Balaban J connectivity index is 2.12. The quantitative estimate of drug-likeness (QED) is 0.775. The minimum absolute atomic E-state index is 0.309. The van der Waals surface area contributed by atoms with Crippen molar-refractivity contribution in [3.8, 4) is 0 Å². The van der Waals surface area contributed by atoms with Gasteiger partial charge in [-0.1, -0.05) is 37.3 Å². The van der Waals surface area contributed by atoms with Crippen LogP contribution in [0.5, 0.6) is 0 Å². The fourth-order valence-electron chi connectivity index (χ4n) is 2.02. The highest BCUT2D eigenvalue weighted by Gasteiger charge is 2.15. The van der Waals surface area contributed by atoms with E-state index in [0.717, 1.165) is 0 Å². The molecule has 0 saturated carbocycles. The summed E-state index contributed by atoms with van der Waals surface area (Å²) in [6.45, 7) is 4.99. The van der Waals surface area contributed by atoms with Gasteiger partial charge in [0.25, 0.3) is 0 Å². The molecule has 1 unspecified atom stereocenters. The van der Waals surface area contributed by atoms with Crippen molar-refractivity contribution in [2.75, 3.05) is 6.61 Å². The van der Waals surface area contributed by atoms with Crippen LogP contribution in [-0.4, -0.2) is 22.1 Å². The van der Waals surface area contributed by atoms with E-state index in [0.29, 0.717) is 24.9 Å². The molecule has 2 aromatic rings. The highest BCUT2D eigenvalue weighted by atomic mass is 16.5. The number of aromatic nitrogens is 2. The third kappa shape index (κ3) is 3.22. The van der Waals surface area contributed by atoms with Crippen molar-refractivity contribution < 1.29 is 9.53 Å². The van der Waals surface area contributed by atoms with Gasteiger partial charge in [0.05, 0.1) is 6.61 Å². The predicted molar refractivity (Wildman–Crippen MR) is 73.0 cm³/mol. The lowest BCUT2D eigenvalue weighted by atomic mass is 10.0. The van der Waals surface area contributed by atoms with Crippen LogP contribution in [0.2, 0.25) is 0 Å². The molecule has 0 amide bonds. The maximum Gasteiger partial charge on any atom is 0.374 e. The SMILES string of the molecule is CCOC(=O)c1nccn1CC(C)c1ccccc1. The van der Waals surface area contributed by atoms with Crippen LogP contribution in [0, 0.1) is 0 Å². The largest absolute Gasteiger partial charge is 0.460 e. The Bertz CT molecular complexity index is 534. The fourth-order valence-corrected chi connectivity index (χ4v) is 2.02. The van der Waals surface area contributed by atoms with Crippen LogP contribution in [0.25, 0.3) is 0 Å². The van der Waals surface area contributed by atoms with E-state index in [1.54, 1.807) is 13.1 Å². The van der Waals surface area contributed by atoms with Gasteiger partial charge in [-0.15, -0.1) is 0 Å². The summed E-state index contributed by atoms with van der Waals surface area (Å²) in [7, 11) is 0. The molecular formula is C15H18N2O2. The number of hydrogen-bond donors (Lipinski definition) is 0. The third-order valence-electron chi connectivity index (χ3n) is 3.01. The van der Waals surface area contributed by atoms with Gasteiger partial charge in [-0.3, -0.25) is 0 Å². The van der Waals surface area contributed by atoms with Crippen LogP contribution in [0.4, 0.5) is 0 Å². The number of ether oxygens (including phenoxy) is 1. The van der Waals surface area contributed by atoms with Gasteiger partial charge in [0, 0.05) is 18.9 Å². The maximum absolute atomic E-state index is 11.7. The number of rotatable bonds is 5. The zero-order chi connectivity index (χ0) is 13.7. The molecule has 1 atom stereocenters. The van der Waals surface area contributed by atoms with E-state index in [-0.39, 0.29) is 5.97 Å². The monoisotopic (exact) mass is 258 g/mol. The summed E-state index contributed by atoms with van der Waals surface area (Å²) in [6, 6.07) is 10.2. The first-order valence-electron chi connectivity index (χ1n) is 6.45. The number of carbonyl (C=O) groups excluding carboxylic acids is 1. The minimum atomic E-state index is -0.368. The van der Waals surface area contributed by atoms with Crippen molar-refractivity contribution in [3.63, 3.8) is 0 Å². The molecule has 0 aliphatic carbocycles. The summed E-state index contributed by atoms with van der Waals surface area (Å²) in [5, 5.41) is 0. The molecule has 0 spiro atoms. The van der Waals surface area contributed by atoms with E-state index >= 15 is 0 Å². The Hall–Kier alpha value is -2.10. The first-order chi connectivity index (χ1) is 9.22. The molecule has 0 radical (unpaired) electrons. The molecule has 100 valence electrons. The molecule has 4 nitrogen and oxygen atoms in total. The molecule has 1 heterocycles. The van der Waals surface area contributed by atoms with Crippen molar-refractivity contribution in [2.24, 2.45) is 0 Å². The number of nitrogens with zero attached hydrogens (tertiary/aromatic N) is 2. The van der Waals surface area contributed by atoms with Crippen LogP contribution >= 0.6 is 0 Å². The van der Waals surface area contributed by atoms with Crippen LogP contribution in [0.3, 0.4) is 0 Å². The predicted octanol–water partition coefficient (Wildman–Crippen LogP) is 2.86. The Morgan fingerprint density at radius 2 is 2.11 bits per heavy atom. The average Bonchev–Trinajstić information content (AvgIpc) is 2.88. The average molecular weight is 258 g/mol. The normalized spacial score (nSPS) is 12.1. The van der Waals surface area contributed by atoms with Gasteiger partial charge in [0.2, 0.25) is 5.82 Å². The van der Waals surface area contributed by atoms with Crippen LogP contribution in [0.15, 0.2) is 42.7 Å². The molecule has 0 saturated heterocycles. The fraction of sp³-hybridized carbons (Fsp3) is 0.333. The molecule has 0 fully saturated rings. The van der Waals surface area contributed by atoms with Crippen molar-refractivity contribution in [3.05, 3.63) is 54.1 Å². The van der Waals surface area contributed by atoms with E-state index in [1.165, 1.54) is 5.56 Å². The number of benzene rings is 1. The van der Waals surface area contributed by atoms with Gasteiger partial charge in [0.1, 0.15) is 0 Å². The van der Waals surface area contributed by atoms with Gasteiger partial charge >= 0.3 is 5.97 Å². The zero-order valence-corrected chi connectivity index (χ0v) is 11.2. The van der Waals surface area contributed by atoms with E-state index in [2.05, 4.69) is 24.0 Å². The first-order valence-corrected chi connectivity index (χ1v) is 6.45. The lowest BCUT2D eigenvalue weighted by molar-refractivity contribution is 0.0506. The Morgan fingerprint density at radius 1 is 1.37 bits per heavy atom. The van der Waals surface area contributed by atoms with Crippen LogP contribution in [0.1, 0.15) is 35.9 Å². The first kappa shape index (κ1) is 13.3. The molecule has 19 heavy (non-hydrogen) atoms. The molecule has 0 aliphatic rings. The molecule has 0 N–H and O–H groups in total. The third-order valence-corrected chi connectivity index (χ3v) is 3.01. The number of carbonyl (C=O) groups is 1. The van der Waals surface area contributed by atoms with Gasteiger partial charge in [-0.2, -0.15) is 0 Å². The summed E-state index contributed by atoms with van der Waals surface area (Å²) in [4.78, 5) is 15.8. The second-order valence-electron chi connectivity index (χ2n) is 4.44. The van der Waals surface area contributed by atoms with Crippen LogP contribution < -0.4 is 0 Å². The lowest BCUT2D eigenvalue weighted by Gasteiger charge is -2.14. The number of esters is 1. The van der Waals surface area contributed by atoms with Gasteiger partial charge in [-0.05, 0) is 18.4 Å². The number of hydrogen-bond acceptors (Lipinski definition) is 3. The van der Waals surface area contributed by atoms with Crippen molar-refractivity contribution in [1.82, 2.24) is 9.55 Å². The second kappa shape index (κ2) is 6.18. The van der Waals surface area contributed by atoms with Crippen molar-refractivity contribution in [2.45, 2.75) is 26.3 Å². The maximum atomic E-state index is 11.7. The minimum Gasteiger partial charge on any atom is -0.460 e. The van der Waals surface area contributed by atoms with Crippen molar-refractivity contribution >= 4 is 5.97 Å². The number of imidazole rings is 1. The van der Waals surface area contributed by atoms with Crippen LogP contribution in [-0.2, 0) is 11.3 Å². The Kier molecular flexibility index (Phi) is 4.34. The topological polar surface area (TPSA) is 44.1 Å². The van der Waals surface area contributed by atoms with E-state index in [1.807, 2.05) is 29.0 Å².